The first-order chi connectivity index (χ1) is 13.9. The van der Waals surface area contributed by atoms with Crippen molar-refractivity contribution in [2.75, 3.05) is 0 Å². The number of benzene rings is 2. The SMILES string of the molecule is Cc1ccc(-n2c(C)cc(/C=C3/SC(=Nc4cccc(Br)c4)NC3=O)c2C)cc1. The minimum atomic E-state index is -0.121. The Labute approximate surface area is 182 Å². The van der Waals surface area contributed by atoms with Gasteiger partial charge in [0.2, 0.25) is 0 Å². The number of amides is 1. The summed E-state index contributed by atoms with van der Waals surface area (Å²) < 4.78 is 3.16. The molecule has 0 saturated carbocycles. The molecular formula is C23H20BrN3OS. The van der Waals surface area contributed by atoms with E-state index < -0.39 is 0 Å². The highest BCUT2D eigenvalue weighted by Gasteiger charge is 2.24. The molecule has 0 aliphatic carbocycles. The molecule has 0 bridgehead atoms. The standard InChI is InChI=1S/C23H20BrN3OS/c1-14-7-9-20(10-8-14)27-15(2)11-17(16(27)3)12-21-22(28)26-23(29-21)25-19-6-4-5-18(24)13-19/h4-13H,1-3H3,(H,25,26,28)/b21-12+. The lowest BCUT2D eigenvalue weighted by Crippen LogP contribution is -2.19. The second kappa shape index (κ2) is 8.05. The fourth-order valence-electron chi connectivity index (χ4n) is 3.31. The van der Waals surface area contributed by atoms with Crippen LogP contribution in [0.4, 0.5) is 5.69 Å². The van der Waals surface area contributed by atoms with E-state index in [9.17, 15) is 4.79 Å². The van der Waals surface area contributed by atoms with Crippen molar-refractivity contribution in [3.63, 3.8) is 0 Å². The van der Waals surface area contributed by atoms with Gasteiger partial charge in [-0.2, -0.15) is 0 Å². The Morgan fingerprint density at radius 1 is 1.07 bits per heavy atom. The van der Waals surface area contributed by atoms with Crippen LogP contribution in [0.15, 0.2) is 69.0 Å². The number of amidine groups is 1. The van der Waals surface area contributed by atoms with Crippen LogP contribution in [0.25, 0.3) is 11.8 Å². The van der Waals surface area contributed by atoms with E-state index in [1.54, 1.807) is 0 Å². The van der Waals surface area contributed by atoms with Gasteiger partial charge in [-0.25, -0.2) is 4.99 Å². The first-order valence-corrected chi connectivity index (χ1v) is 10.8. The summed E-state index contributed by atoms with van der Waals surface area (Å²) in [5.74, 6) is -0.121. The number of thioether (sulfide) groups is 1. The maximum atomic E-state index is 12.5. The molecule has 29 heavy (non-hydrogen) atoms. The molecule has 1 fully saturated rings. The van der Waals surface area contributed by atoms with Crippen molar-refractivity contribution in [3.05, 3.63) is 86.5 Å². The molecule has 0 spiro atoms. The molecule has 1 aliphatic rings. The highest BCUT2D eigenvalue weighted by Crippen LogP contribution is 2.31. The molecule has 6 heteroatoms. The second-order valence-electron chi connectivity index (χ2n) is 6.96. The predicted octanol–water partition coefficient (Wildman–Crippen LogP) is 6.06. The summed E-state index contributed by atoms with van der Waals surface area (Å²) in [6.07, 6.45) is 1.94. The molecule has 3 aromatic rings. The van der Waals surface area contributed by atoms with E-state index in [4.69, 9.17) is 0 Å². The van der Waals surface area contributed by atoms with Gasteiger partial charge in [0, 0.05) is 21.5 Å². The van der Waals surface area contributed by atoms with E-state index in [1.807, 2.05) is 30.3 Å². The first kappa shape index (κ1) is 19.7. The molecule has 2 heterocycles. The van der Waals surface area contributed by atoms with Crippen molar-refractivity contribution in [2.45, 2.75) is 20.8 Å². The highest BCUT2D eigenvalue weighted by atomic mass is 79.9. The van der Waals surface area contributed by atoms with Crippen LogP contribution in [0.5, 0.6) is 0 Å². The van der Waals surface area contributed by atoms with Gasteiger partial charge in [0.1, 0.15) is 0 Å². The number of carbonyl (C=O) groups excluding carboxylic acids is 1. The van der Waals surface area contributed by atoms with Gasteiger partial charge in [-0.3, -0.25) is 4.79 Å². The Bertz CT molecular complexity index is 1160. The Balaban J connectivity index is 1.64. The minimum Gasteiger partial charge on any atom is -0.318 e. The molecule has 1 amide bonds. The minimum absolute atomic E-state index is 0.121. The van der Waals surface area contributed by atoms with Crippen molar-refractivity contribution in [1.29, 1.82) is 0 Å². The number of aryl methyl sites for hydroxylation is 2. The topological polar surface area (TPSA) is 46.4 Å². The smallest absolute Gasteiger partial charge is 0.264 e. The summed E-state index contributed by atoms with van der Waals surface area (Å²) in [4.78, 5) is 17.6. The third-order valence-corrected chi connectivity index (χ3v) is 6.14. The Morgan fingerprint density at radius 3 is 2.55 bits per heavy atom. The lowest BCUT2D eigenvalue weighted by Gasteiger charge is -2.10. The van der Waals surface area contributed by atoms with Gasteiger partial charge in [-0.1, -0.05) is 39.7 Å². The number of rotatable bonds is 3. The maximum absolute atomic E-state index is 12.5. The number of nitrogens with one attached hydrogen (secondary N) is 1. The van der Waals surface area contributed by atoms with E-state index in [0.717, 1.165) is 32.8 Å². The first-order valence-electron chi connectivity index (χ1n) is 9.22. The van der Waals surface area contributed by atoms with Crippen molar-refractivity contribution in [1.82, 2.24) is 9.88 Å². The summed E-state index contributed by atoms with van der Waals surface area (Å²) >= 11 is 4.80. The zero-order valence-electron chi connectivity index (χ0n) is 16.4. The van der Waals surface area contributed by atoms with Crippen LogP contribution in [-0.4, -0.2) is 15.6 Å². The van der Waals surface area contributed by atoms with E-state index in [-0.39, 0.29) is 5.91 Å². The molecule has 0 atom stereocenters. The summed E-state index contributed by atoms with van der Waals surface area (Å²) in [5.41, 5.74) is 6.41. The van der Waals surface area contributed by atoms with Gasteiger partial charge in [0.05, 0.1) is 10.6 Å². The number of hydrogen-bond donors (Lipinski definition) is 1. The molecule has 2 aromatic carbocycles. The van der Waals surface area contributed by atoms with Crippen LogP contribution in [0, 0.1) is 20.8 Å². The number of hydrogen-bond acceptors (Lipinski definition) is 3. The molecule has 1 aromatic heterocycles. The maximum Gasteiger partial charge on any atom is 0.264 e. The van der Waals surface area contributed by atoms with Crippen LogP contribution in [-0.2, 0) is 4.79 Å². The Hall–Kier alpha value is -2.57. The molecule has 0 radical (unpaired) electrons. The van der Waals surface area contributed by atoms with E-state index in [1.165, 1.54) is 17.3 Å². The quantitative estimate of drug-likeness (QED) is 0.478. The lowest BCUT2D eigenvalue weighted by atomic mass is 10.2. The van der Waals surface area contributed by atoms with Gasteiger partial charge < -0.3 is 9.88 Å². The molecule has 1 N–H and O–H groups in total. The van der Waals surface area contributed by atoms with E-state index in [0.29, 0.717) is 10.1 Å². The van der Waals surface area contributed by atoms with Crippen molar-refractivity contribution >= 4 is 50.5 Å². The van der Waals surface area contributed by atoms with Crippen molar-refractivity contribution in [2.24, 2.45) is 4.99 Å². The average molecular weight is 466 g/mol. The van der Waals surface area contributed by atoms with Crippen LogP contribution in [0.2, 0.25) is 0 Å². The molecule has 4 nitrogen and oxygen atoms in total. The van der Waals surface area contributed by atoms with Crippen LogP contribution in [0.3, 0.4) is 0 Å². The van der Waals surface area contributed by atoms with E-state index in [2.05, 4.69) is 81.9 Å². The summed E-state index contributed by atoms with van der Waals surface area (Å²) in [6.45, 7) is 6.24. The van der Waals surface area contributed by atoms with Gasteiger partial charge in [0.25, 0.3) is 5.91 Å². The van der Waals surface area contributed by atoms with Gasteiger partial charge in [-0.05, 0) is 80.6 Å². The molecule has 0 unspecified atom stereocenters. The number of aliphatic imine (C=N–C) groups is 1. The largest absolute Gasteiger partial charge is 0.318 e. The van der Waals surface area contributed by atoms with Gasteiger partial charge in [-0.15, -0.1) is 0 Å². The number of aromatic nitrogens is 1. The fourth-order valence-corrected chi connectivity index (χ4v) is 4.53. The normalized spacial score (nSPS) is 16.6. The van der Waals surface area contributed by atoms with E-state index >= 15 is 0 Å². The highest BCUT2D eigenvalue weighted by molar-refractivity contribution is 9.10. The van der Waals surface area contributed by atoms with Crippen LogP contribution >= 0.6 is 27.7 Å². The van der Waals surface area contributed by atoms with Crippen LogP contribution in [0.1, 0.15) is 22.5 Å². The molecular weight excluding hydrogens is 446 g/mol. The fraction of sp³-hybridized carbons (Fsp3) is 0.130. The monoisotopic (exact) mass is 465 g/mol. The molecule has 1 saturated heterocycles. The zero-order valence-corrected chi connectivity index (χ0v) is 18.8. The van der Waals surface area contributed by atoms with Crippen molar-refractivity contribution in [3.8, 4) is 5.69 Å². The number of halogens is 1. The third kappa shape index (κ3) is 4.23. The third-order valence-electron chi connectivity index (χ3n) is 4.74. The Morgan fingerprint density at radius 2 is 1.83 bits per heavy atom. The average Bonchev–Trinajstić information content (AvgIpc) is 3.15. The van der Waals surface area contributed by atoms with Crippen LogP contribution < -0.4 is 5.32 Å². The number of carbonyl (C=O) groups is 1. The summed E-state index contributed by atoms with van der Waals surface area (Å²) in [6, 6.07) is 18.2. The molecule has 146 valence electrons. The van der Waals surface area contributed by atoms with Gasteiger partial charge in [0.15, 0.2) is 5.17 Å². The summed E-state index contributed by atoms with van der Waals surface area (Å²) in [5, 5.41) is 3.44. The van der Waals surface area contributed by atoms with Crippen molar-refractivity contribution < 1.29 is 4.79 Å². The molecule has 4 rings (SSSR count). The predicted molar refractivity (Wildman–Crippen MR) is 125 cm³/mol. The number of nitrogens with zero attached hydrogens (tertiary/aromatic N) is 2. The molecule has 1 aliphatic heterocycles. The Kier molecular flexibility index (Phi) is 5.48. The zero-order chi connectivity index (χ0) is 20.5. The summed E-state index contributed by atoms with van der Waals surface area (Å²) in [7, 11) is 0. The second-order valence-corrected chi connectivity index (χ2v) is 8.91. The van der Waals surface area contributed by atoms with Gasteiger partial charge >= 0.3 is 0 Å². The lowest BCUT2D eigenvalue weighted by molar-refractivity contribution is -0.115.